The fourth-order valence-electron chi connectivity index (χ4n) is 4.85. The van der Waals surface area contributed by atoms with Crippen LogP contribution in [0, 0.1) is 0 Å². The first-order valence-electron chi connectivity index (χ1n) is 11.7. The summed E-state index contributed by atoms with van der Waals surface area (Å²) in [5.41, 5.74) is 2.15. The molecule has 0 amide bonds. The molecule has 0 radical (unpaired) electrons. The van der Waals surface area contributed by atoms with Gasteiger partial charge in [0.2, 0.25) is 0 Å². The standard InChI is InChI=1S/C26H35N3O4/c1-4-27-12-14-28(15-13-27)23-8-5-7-20-21(23)18-29(26(20)31)22(9-6-16-30)19-10-11-24(32-2)25(17-19)33-3/h5,7-8,10-11,17-18,22,30-31H,4,6,9,12-16H2,1-3H3/t22-/m1/s1. The second-order valence-corrected chi connectivity index (χ2v) is 8.52. The van der Waals surface area contributed by atoms with Gasteiger partial charge in [-0.2, -0.15) is 0 Å². The Morgan fingerprint density at radius 3 is 2.39 bits per heavy atom. The average molecular weight is 454 g/mol. The molecule has 7 nitrogen and oxygen atoms in total. The number of hydrogen-bond donors (Lipinski definition) is 2. The van der Waals surface area contributed by atoms with Crippen LogP contribution >= 0.6 is 0 Å². The lowest BCUT2D eigenvalue weighted by Crippen LogP contribution is -2.46. The van der Waals surface area contributed by atoms with Gasteiger partial charge < -0.3 is 34.1 Å². The topological polar surface area (TPSA) is 70.3 Å². The third kappa shape index (κ3) is 4.61. The summed E-state index contributed by atoms with van der Waals surface area (Å²) in [6.07, 6.45) is 3.37. The number of hydrogen-bond acceptors (Lipinski definition) is 6. The number of aliphatic hydroxyl groups is 1. The number of fused-ring (bicyclic) bond motifs is 1. The Labute approximate surface area is 195 Å². The number of anilines is 1. The number of likely N-dealkylation sites (N-methyl/N-ethyl adjacent to an activating group) is 1. The third-order valence-corrected chi connectivity index (χ3v) is 6.76. The van der Waals surface area contributed by atoms with Crippen molar-refractivity contribution in [2.75, 3.05) is 58.5 Å². The molecule has 0 aliphatic carbocycles. The van der Waals surface area contributed by atoms with Gasteiger partial charge in [-0.15, -0.1) is 0 Å². The maximum Gasteiger partial charge on any atom is 0.199 e. The molecule has 1 aromatic heterocycles. The molecule has 1 aliphatic rings. The van der Waals surface area contributed by atoms with Crippen LogP contribution in [0.3, 0.4) is 0 Å². The highest BCUT2D eigenvalue weighted by Gasteiger charge is 2.24. The van der Waals surface area contributed by atoms with Crippen LogP contribution in [0.4, 0.5) is 5.69 Å². The van der Waals surface area contributed by atoms with Crippen molar-refractivity contribution in [1.29, 1.82) is 0 Å². The van der Waals surface area contributed by atoms with E-state index in [1.807, 2.05) is 34.9 Å². The van der Waals surface area contributed by atoms with Crippen LogP contribution in [0.25, 0.3) is 10.8 Å². The van der Waals surface area contributed by atoms with E-state index >= 15 is 0 Å². The van der Waals surface area contributed by atoms with Crippen molar-refractivity contribution in [2.24, 2.45) is 0 Å². The Bertz CT molecular complexity index is 1070. The van der Waals surface area contributed by atoms with Gasteiger partial charge in [-0.25, -0.2) is 0 Å². The molecule has 1 fully saturated rings. The van der Waals surface area contributed by atoms with Gasteiger partial charge in [-0.3, -0.25) is 0 Å². The van der Waals surface area contributed by atoms with Gasteiger partial charge >= 0.3 is 0 Å². The molecule has 0 unspecified atom stereocenters. The van der Waals surface area contributed by atoms with Gasteiger partial charge in [0.05, 0.1) is 20.3 Å². The Morgan fingerprint density at radius 2 is 1.73 bits per heavy atom. The highest BCUT2D eigenvalue weighted by molar-refractivity contribution is 5.98. The summed E-state index contributed by atoms with van der Waals surface area (Å²) in [6.45, 7) is 7.42. The lowest BCUT2D eigenvalue weighted by Gasteiger charge is -2.35. The summed E-state index contributed by atoms with van der Waals surface area (Å²) in [5.74, 6) is 1.56. The lowest BCUT2D eigenvalue weighted by atomic mass is 10.0. The normalized spacial score (nSPS) is 15.7. The Morgan fingerprint density at radius 1 is 0.970 bits per heavy atom. The fourth-order valence-corrected chi connectivity index (χ4v) is 4.85. The number of aromatic hydroxyl groups is 1. The van der Waals surface area contributed by atoms with Crippen LogP contribution in [-0.2, 0) is 0 Å². The highest BCUT2D eigenvalue weighted by Crippen LogP contribution is 2.40. The zero-order valence-electron chi connectivity index (χ0n) is 19.8. The van der Waals surface area contributed by atoms with Crippen LogP contribution < -0.4 is 14.4 Å². The SMILES string of the molecule is CCN1CCN(c2cccc3c(O)n([C@H](CCCO)c4ccc(OC)c(OC)c4)cc23)CC1. The van der Waals surface area contributed by atoms with Gasteiger partial charge in [0.1, 0.15) is 0 Å². The molecule has 33 heavy (non-hydrogen) atoms. The monoisotopic (exact) mass is 453 g/mol. The third-order valence-electron chi connectivity index (χ3n) is 6.76. The van der Waals surface area contributed by atoms with E-state index in [2.05, 4.69) is 29.0 Å². The molecular weight excluding hydrogens is 418 g/mol. The van der Waals surface area contributed by atoms with Crippen LogP contribution in [0.1, 0.15) is 31.4 Å². The van der Waals surface area contributed by atoms with Crippen LogP contribution in [0.5, 0.6) is 17.4 Å². The van der Waals surface area contributed by atoms with Gasteiger partial charge in [-0.05, 0) is 49.2 Å². The first kappa shape index (κ1) is 23.3. The summed E-state index contributed by atoms with van der Waals surface area (Å²) < 4.78 is 12.9. The number of rotatable bonds is 9. The van der Waals surface area contributed by atoms with Crippen LogP contribution in [0.15, 0.2) is 42.6 Å². The van der Waals surface area contributed by atoms with Crippen molar-refractivity contribution in [3.63, 3.8) is 0 Å². The summed E-state index contributed by atoms with van der Waals surface area (Å²) in [7, 11) is 3.24. The highest BCUT2D eigenvalue weighted by atomic mass is 16.5. The van der Waals surface area contributed by atoms with Crippen molar-refractivity contribution >= 4 is 16.5 Å². The molecule has 3 aromatic rings. The first-order chi connectivity index (χ1) is 16.1. The maximum absolute atomic E-state index is 11.3. The van der Waals surface area contributed by atoms with Gasteiger partial charge in [0.25, 0.3) is 0 Å². The largest absolute Gasteiger partial charge is 0.494 e. The molecule has 0 spiro atoms. The molecule has 2 N–H and O–H groups in total. The Hall–Kier alpha value is -2.90. The van der Waals surface area contributed by atoms with Gasteiger partial charge in [0.15, 0.2) is 17.4 Å². The second-order valence-electron chi connectivity index (χ2n) is 8.52. The Balaban J connectivity index is 1.75. The zero-order valence-corrected chi connectivity index (χ0v) is 19.8. The van der Waals surface area contributed by atoms with Crippen molar-refractivity contribution in [2.45, 2.75) is 25.8 Å². The van der Waals surface area contributed by atoms with Crippen molar-refractivity contribution in [1.82, 2.24) is 9.47 Å². The number of methoxy groups -OCH3 is 2. The zero-order chi connectivity index (χ0) is 23.4. The summed E-state index contributed by atoms with van der Waals surface area (Å²) in [4.78, 5) is 4.87. The number of aliphatic hydroxyl groups excluding tert-OH is 1. The van der Waals surface area contributed by atoms with E-state index in [4.69, 9.17) is 9.47 Å². The molecular formula is C26H35N3O4. The maximum atomic E-state index is 11.3. The number of nitrogens with zero attached hydrogens (tertiary/aromatic N) is 3. The first-order valence-corrected chi connectivity index (χ1v) is 11.7. The average Bonchev–Trinajstić information content (AvgIpc) is 3.20. The predicted molar refractivity (Wildman–Crippen MR) is 132 cm³/mol. The van der Waals surface area contributed by atoms with Crippen molar-refractivity contribution in [3.8, 4) is 17.4 Å². The van der Waals surface area contributed by atoms with E-state index in [0.717, 1.165) is 54.7 Å². The van der Waals surface area contributed by atoms with Crippen molar-refractivity contribution < 1.29 is 19.7 Å². The fraction of sp³-hybridized carbons (Fsp3) is 0.462. The minimum absolute atomic E-state index is 0.0955. The molecule has 4 rings (SSSR count). The molecule has 1 atom stereocenters. The van der Waals surface area contributed by atoms with E-state index in [-0.39, 0.29) is 18.5 Å². The number of ether oxygens (including phenoxy) is 2. The summed E-state index contributed by atoms with van der Waals surface area (Å²) in [5, 5.41) is 22.7. The molecule has 2 aromatic carbocycles. The van der Waals surface area contributed by atoms with E-state index < -0.39 is 0 Å². The van der Waals surface area contributed by atoms with E-state index in [0.29, 0.717) is 24.3 Å². The molecule has 2 heterocycles. The minimum Gasteiger partial charge on any atom is -0.494 e. The molecule has 7 heteroatoms. The summed E-state index contributed by atoms with van der Waals surface area (Å²) >= 11 is 0. The molecule has 178 valence electrons. The molecule has 1 aliphatic heterocycles. The number of piperazine rings is 1. The molecule has 0 saturated carbocycles. The number of benzene rings is 2. The lowest BCUT2D eigenvalue weighted by molar-refractivity contribution is 0.271. The molecule has 1 saturated heterocycles. The van der Waals surface area contributed by atoms with Crippen LogP contribution in [0.2, 0.25) is 0 Å². The minimum atomic E-state index is -0.144. The quantitative estimate of drug-likeness (QED) is 0.513. The molecule has 0 bridgehead atoms. The van der Waals surface area contributed by atoms with E-state index in [9.17, 15) is 10.2 Å². The number of aromatic nitrogens is 1. The second kappa shape index (κ2) is 10.4. The van der Waals surface area contributed by atoms with Crippen molar-refractivity contribution in [3.05, 3.63) is 48.2 Å². The van der Waals surface area contributed by atoms with Crippen LogP contribution in [-0.4, -0.2) is 73.2 Å². The Kier molecular flexibility index (Phi) is 7.30. The van der Waals surface area contributed by atoms with Gasteiger partial charge in [0, 0.05) is 55.4 Å². The predicted octanol–water partition coefficient (Wildman–Crippen LogP) is 3.87. The van der Waals surface area contributed by atoms with E-state index in [1.165, 1.54) is 0 Å². The van der Waals surface area contributed by atoms with E-state index in [1.54, 1.807) is 14.2 Å². The van der Waals surface area contributed by atoms with Gasteiger partial charge in [-0.1, -0.05) is 19.1 Å². The smallest absolute Gasteiger partial charge is 0.199 e. The summed E-state index contributed by atoms with van der Waals surface area (Å²) in [6, 6.07) is 11.8.